The normalized spacial score (nSPS) is 16.6. The summed E-state index contributed by atoms with van der Waals surface area (Å²) in [6.07, 6.45) is 2.82. The van der Waals surface area contributed by atoms with E-state index in [-0.39, 0.29) is 6.04 Å². The van der Waals surface area contributed by atoms with Gasteiger partial charge in [0.15, 0.2) is 0 Å². The summed E-state index contributed by atoms with van der Waals surface area (Å²) >= 11 is 0. The van der Waals surface area contributed by atoms with Gasteiger partial charge in [0.05, 0.1) is 4.90 Å². The number of nitrogens with one attached hydrogen (secondary N) is 1. The molecule has 1 heterocycles. The van der Waals surface area contributed by atoms with Crippen LogP contribution in [0.1, 0.15) is 39.2 Å². The highest BCUT2D eigenvalue weighted by atomic mass is 32.2. The van der Waals surface area contributed by atoms with E-state index in [0.29, 0.717) is 11.4 Å². The van der Waals surface area contributed by atoms with E-state index in [9.17, 15) is 8.42 Å². The standard InChI is InChI=1S/C15H24N2O2S/c1-4-12(3)17(5-2)20(18,19)14-8-9-15-13(11-14)7-6-10-16-15/h8-9,11-12,16H,4-7,10H2,1-3H3. The molecule has 0 saturated carbocycles. The van der Waals surface area contributed by atoms with E-state index in [1.54, 1.807) is 10.4 Å². The average Bonchev–Trinajstić information content (AvgIpc) is 2.46. The van der Waals surface area contributed by atoms with Crippen molar-refractivity contribution < 1.29 is 8.42 Å². The zero-order chi connectivity index (χ0) is 14.8. The Kier molecular flexibility index (Phi) is 4.70. The van der Waals surface area contributed by atoms with Crippen LogP contribution in [0.3, 0.4) is 0 Å². The number of rotatable bonds is 5. The number of aryl methyl sites for hydroxylation is 1. The quantitative estimate of drug-likeness (QED) is 0.909. The summed E-state index contributed by atoms with van der Waals surface area (Å²) in [6.45, 7) is 7.34. The van der Waals surface area contributed by atoms with Crippen LogP contribution in [0, 0.1) is 0 Å². The van der Waals surface area contributed by atoms with Crippen LogP contribution in [0.5, 0.6) is 0 Å². The number of hydrogen-bond acceptors (Lipinski definition) is 3. The minimum absolute atomic E-state index is 0.0270. The highest BCUT2D eigenvalue weighted by Crippen LogP contribution is 2.27. The summed E-state index contributed by atoms with van der Waals surface area (Å²) in [6, 6.07) is 5.48. The largest absolute Gasteiger partial charge is 0.385 e. The second-order valence-corrected chi connectivity index (χ2v) is 7.21. The molecule has 0 aliphatic carbocycles. The summed E-state index contributed by atoms with van der Waals surface area (Å²) < 4.78 is 27.1. The average molecular weight is 296 g/mol. The van der Waals surface area contributed by atoms with Crippen LogP contribution in [0.4, 0.5) is 5.69 Å². The zero-order valence-corrected chi connectivity index (χ0v) is 13.3. The molecule has 0 fully saturated rings. The molecule has 1 aliphatic heterocycles. The second-order valence-electron chi connectivity index (χ2n) is 5.31. The predicted octanol–water partition coefficient (Wildman–Crippen LogP) is 2.85. The van der Waals surface area contributed by atoms with Crippen molar-refractivity contribution in [3.05, 3.63) is 23.8 Å². The number of hydrogen-bond donors (Lipinski definition) is 1. The van der Waals surface area contributed by atoms with Crippen LogP contribution in [0.2, 0.25) is 0 Å². The number of fused-ring (bicyclic) bond motifs is 1. The molecule has 0 saturated heterocycles. The molecule has 4 nitrogen and oxygen atoms in total. The van der Waals surface area contributed by atoms with Crippen molar-refractivity contribution in [1.29, 1.82) is 0 Å². The van der Waals surface area contributed by atoms with E-state index < -0.39 is 10.0 Å². The van der Waals surface area contributed by atoms with Gasteiger partial charge in [0.25, 0.3) is 0 Å². The fourth-order valence-electron chi connectivity index (χ4n) is 2.67. The molecule has 1 aromatic rings. The lowest BCUT2D eigenvalue weighted by atomic mass is 10.0. The van der Waals surface area contributed by atoms with Crippen LogP contribution in [-0.2, 0) is 16.4 Å². The van der Waals surface area contributed by atoms with Crippen LogP contribution in [0.15, 0.2) is 23.1 Å². The maximum atomic E-state index is 12.8. The van der Waals surface area contributed by atoms with Crippen molar-refractivity contribution in [2.75, 3.05) is 18.4 Å². The summed E-state index contributed by atoms with van der Waals surface area (Å²) in [5, 5.41) is 3.31. The van der Waals surface area contributed by atoms with Gasteiger partial charge in [-0.25, -0.2) is 8.42 Å². The maximum Gasteiger partial charge on any atom is 0.243 e. The smallest absolute Gasteiger partial charge is 0.243 e. The molecule has 0 spiro atoms. The highest BCUT2D eigenvalue weighted by molar-refractivity contribution is 7.89. The van der Waals surface area contributed by atoms with Crippen LogP contribution in [-0.4, -0.2) is 31.9 Å². The first kappa shape index (κ1) is 15.3. The molecule has 0 bridgehead atoms. The molecule has 0 amide bonds. The monoisotopic (exact) mass is 296 g/mol. The van der Waals surface area contributed by atoms with Crippen LogP contribution < -0.4 is 5.32 Å². The van der Waals surface area contributed by atoms with E-state index >= 15 is 0 Å². The van der Waals surface area contributed by atoms with Gasteiger partial charge in [0.2, 0.25) is 10.0 Å². The van der Waals surface area contributed by atoms with Gasteiger partial charge >= 0.3 is 0 Å². The Balaban J connectivity index is 2.38. The number of sulfonamides is 1. The van der Waals surface area contributed by atoms with Gasteiger partial charge in [0, 0.05) is 24.8 Å². The number of benzene rings is 1. The molecular weight excluding hydrogens is 272 g/mol. The zero-order valence-electron chi connectivity index (χ0n) is 12.5. The van der Waals surface area contributed by atoms with E-state index in [0.717, 1.165) is 37.1 Å². The van der Waals surface area contributed by atoms with Gasteiger partial charge in [-0.05, 0) is 49.9 Å². The molecule has 1 aliphatic rings. The Morgan fingerprint density at radius 2 is 2.10 bits per heavy atom. The minimum atomic E-state index is -3.39. The van der Waals surface area contributed by atoms with E-state index in [2.05, 4.69) is 5.32 Å². The first-order valence-corrected chi connectivity index (χ1v) is 8.83. The fraction of sp³-hybridized carbons (Fsp3) is 0.600. The van der Waals surface area contributed by atoms with E-state index in [1.807, 2.05) is 32.9 Å². The van der Waals surface area contributed by atoms with Gasteiger partial charge in [-0.15, -0.1) is 0 Å². The third-order valence-electron chi connectivity index (χ3n) is 4.02. The molecule has 1 unspecified atom stereocenters. The van der Waals surface area contributed by atoms with Crippen molar-refractivity contribution in [3.63, 3.8) is 0 Å². The van der Waals surface area contributed by atoms with Gasteiger partial charge in [0.1, 0.15) is 0 Å². The Morgan fingerprint density at radius 3 is 2.75 bits per heavy atom. The molecule has 20 heavy (non-hydrogen) atoms. The van der Waals surface area contributed by atoms with Gasteiger partial charge in [-0.2, -0.15) is 4.31 Å². The molecule has 1 aromatic carbocycles. The Bertz CT molecular complexity index is 569. The van der Waals surface area contributed by atoms with Crippen LogP contribution in [0.25, 0.3) is 0 Å². The summed E-state index contributed by atoms with van der Waals surface area (Å²) in [7, 11) is -3.39. The Hall–Kier alpha value is -1.07. The molecule has 0 radical (unpaired) electrons. The fourth-order valence-corrected chi connectivity index (χ4v) is 4.43. The summed E-state index contributed by atoms with van der Waals surface area (Å²) in [5.41, 5.74) is 2.18. The van der Waals surface area contributed by atoms with E-state index in [4.69, 9.17) is 0 Å². The maximum absolute atomic E-state index is 12.8. The van der Waals surface area contributed by atoms with Gasteiger partial charge < -0.3 is 5.32 Å². The lowest BCUT2D eigenvalue weighted by Gasteiger charge is -2.27. The SMILES string of the molecule is CCC(C)N(CC)S(=O)(=O)c1ccc2c(c1)CCCN2. The molecule has 1 atom stereocenters. The van der Waals surface area contributed by atoms with Crippen molar-refractivity contribution in [2.45, 2.75) is 51.0 Å². The lowest BCUT2D eigenvalue weighted by molar-refractivity contribution is 0.342. The van der Waals surface area contributed by atoms with Crippen molar-refractivity contribution >= 4 is 15.7 Å². The number of anilines is 1. The van der Waals surface area contributed by atoms with Gasteiger partial charge in [-0.3, -0.25) is 0 Å². The molecule has 2 rings (SSSR count). The summed E-state index contributed by atoms with van der Waals surface area (Å²) in [4.78, 5) is 0.419. The van der Waals surface area contributed by atoms with Crippen molar-refractivity contribution in [3.8, 4) is 0 Å². The molecule has 1 N–H and O–H groups in total. The molecular formula is C15H24N2O2S. The highest BCUT2D eigenvalue weighted by Gasteiger charge is 2.27. The topological polar surface area (TPSA) is 49.4 Å². The third-order valence-corrected chi connectivity index (χ3v) is 6.10. The predicted molar refractivity (Wildman–Crippen MR) is 82.6 cm³/mol. The van der Waals surface area contributed by atoms with Gasteiger partial charge in [-0.1, -0.05) is 13.8 Å². The first-order chi connectivity index (χ1) is 9.50. The molecule has 0 aromatic heterocycles. The third kappa shape index (κ3) is 2.83. The molecule has 5 heteroatoms. The Labute approximate surface area is 122 Å². The van der Waals surface area contributed by atoms with Crippen molar-refractivity contribution in [2.24, 2.45) is 0 Å². The number of nitrogens with zero attached hydrogens (tertiary/aromatic N) is 1. The van der Waals surface area contributed by atoms with Crippen molar-refractivity contribution in [1.82, 2.24) is 4.31 Å². The summed E-state index contributed by atoms with van der Waals surface area (Å²) in [5.74, 6) is 0. The first-order valence-electron chi connectivity index (χ1n) is 7.39. The minimum Gasteiger partial charge on any atom is -0.385 e. The second kappa shape index (κ2) is 6.14. The van der Waals surface area contributed by atoms with E-state index in [1.165, 1.54) is 0 Å². The van der Waals surface area contributed by atoms with Crippen LogP contribution >= 0.6 is 0 Å². The lowest BCUT2D eigenvalue weighted by Crippen LogP contribution is -2.38. The molecule has 112 valence electrons. The Morgan fingerprint density at radius 1 is 1.35 bits per heavy atom.